The Morgan fingerprint density at radius 1 is 1.40 bits per heavy atom. The molecule has 0 spiro atoms. The van der Waals surface area contributed by atoms with Gasteiger partial charge in [0.15, 0.2) is 5.13 Å². The number of rotatable bonds is 4. The highest BCUT2D eigenvalue weighted by Gasteiger charge is 2.11. The van der Waals surface area contributed by atoms with Gasteiger partial charge in [0, 0.05) is 23.4 Å². The quantitative estimate of drug-likeness (QED) is 0.888. The van der Waals surface area contributed by atoms with E-state index in [1.165, 1.54) is 11.3 Å². The van der Waals surface area contributed by atoms with Gasteiger partial charge in [0.2, 0.25) is 5.91 Å². The molecular weight excluding hydrogens is 315 g/mol. The zero-order chi connectivity index (χ0) is 14.7. The van der Waals surface area contributed by atoms with E-state index in [-0.39, 0.29) is 11.8 Å². The van der Waals surface area contributed by atoms with Crippen LogP contribution in [-0.4, -0.2) is 10.9 Å². The fraction of sp³-hybridized carbons (Fsp3) is 0.286. The van der Waals surface area contributed by atoms with E-state index in [1.807, 2.05) is 26.0 Å². The average molecular weight is 329 g/mol. The molecule has 0 saturated heterocycles. The van der Waals surface area contributed by atoms with Crippen molar-refractivity contribution >= 4 is 45.6 Å². The van der Waals surface area contributed by atoms with E-state index in [0.29, 0.717) is 21.6 Å². The first-order valence-corrected chi connectivity index (χ1v) is 7.73. The first-order valence-electron chi connectivity index (χ1n) is 6.16. The van der Waals surface area contributed by atoms with Crippen LogP contribution in [0.3, 0.4) is 0 Å². The average Bonchev–Trinajstić information content (AvgIpc) is 2.82. The molecule has 0 bridgehead atoms. The van der Waals surface area contributed by atoms with Crippen LogP contribution in [0.5, 0.6) is 0 Å². The molecule has 0 aliphatic carbocycles. The number of hydrogen-bond donors (Lipinski definition) is 1. The molecule has 2 rings (SSSR count). The normalized spacial score (nSPS) is 10.8. The Balaban J connectivity index is 2.10. The van der Waals surface area contributed by atoms with E-state index in [4.69, 9.17) is 23.2 Å². The molecule has 1 amide bonds. The van der Waals surface area contributed by atoms with Crippen molar-refractivity contribution in [1.29, 1.82) is 0 Å². The summed E-state index contributed by atoms with van der Waals surface area (Å²) < 4.78 is 0. The maximum absolute atomic E-state index is 11.6. The molecule has 3 nitrogen and oxygen atoms in total. The van der Waals surface area contributed by atoms with Gasteiger partial charge in [-0.2, -0.15) is 0 Å². The third kappa shape index (κ3) is 3.72. The number of hydrogen-bond acceptors (Lipinski definition) is 3. The van der Waals surface area contributed by atoms with Gasteiger partial charge in [-0.05, 0) is 11.6 Å². The summed E-state index contributed by atoms with van der Waals surface area (Å²) in [7, 11) is 0. The van der Waals surface area contributed by atoms with Crippen molar-refractivity contribution < 1.29 is 4.79 Å². The highest BCUT2D eigenvalue weighted by Crippen LogP contribution is 2.29. The first kappa shape index (κ1) is 15.3. The first-order chi connectivity index (χ1) is 9.47. The molecule has 0 aliphatic heterocycles. The summed E-state index contributed by atoms with van der Waals surface area (Å²) in [4.78, 5) is 16.8. The monoisotopic (exact) mass is 328 g/mol. The van der Waals surface area contributed by atoms with Gasteiger partial charge in [-0.1, -0.05) is 49.2 Å². The van der Waals surface area contributed by atoms with Crippen molar-refractivity contribution in [3.63, 3.8) is 0 Å². The molecule has 0 unspecified atom stereocenters. The highest BCUT2D eigenvalue weighted by molar-refractivity contribution is 7.15. The van der Waals surface area contributed by atoms with Gasteiger partial charge in [-0.15, -0.1) is 11.3 Å². The molecule has 1 aromatic carbocycles. The largest absolute Gasteiger partial charge is 0.302 e. The summed E-state index contributed by atoms with van der Waals surface area (Å²) in [5.41, 5.74) is 0.949. The van der Waals surface area contributed by atoms with Crippen molar-refractivity contribution in [3.8, 4) is 0 Å². The van der Waals surface area contributed by atoms with E-state index in [1.54, 1.807) is 12.3 Å². The van der Waals surface area contributed by atoms with Crippen molar-refractivity contribution in [1.82, 2.24) is 4.98 Å². The topological polar surface area (TPSA) is 42.0 Å². The number of thiazole rings is 1. The molecular formula is C14H14Cl2N2OS. The zero-order valence-corrected chi connectivity index (χ0v) is 13.4. The van der Waals surface area contributed by atoms with E-state index in [2.05, 4.69) is 10.3 Å². The molecule has 0 saturated carbocycles. The number of amides is 1. The molecule has 106 valence electrons. The lowest BCUT2D eigenvalue weighted by atomic mass is 10.1. The zero-order valence-electron chi connectivity index (χ0n) is 11.1. The number of carbonyl (C=O) groups is 1. The minimum absolute atomic E-state index is 0.0355. The molecule has 1 N–H and O–H groups in total. The van der Waals surface area contributed by atoms with E-state index < -0.39 is 0 Å². The lowest BCUT2D eigenvalue weighted by Gasteiger charge is -2.04. The van der Waals surface area contributed by atoms with Crippen molar-refractivity contribution in [2.45, 2.75) is 20.3 Å². The third-order valence-corrected chi connectivity index (χ3v) is 4.48. The molecule has 0 radical (unpaired) electrons. The second-order valence-corrected chi connectivity index (χ2v) is 6.57. The van der Waals surface area contributed by atoms with Crippen LogP contribution in [0.15, 0.2) is 24.4 Å². The number of aromatic nitrogens is 1. The Morgan fingerprint density at radius 3 is 2.85 bits per heavy atom. The van der Waals surface area contributed by atoms with Crippen LogP contribution < -0.4 is 5.32 Å². The maximum atomic E-state index is 11.6. The fourth-order valence-electron chi connectivity index (χ4n) is 1.57. The molecule has 1 heterocycles. The Labute approximate surface area is 131 Å². The predicted molar refractivity (Wildman–Crippen MR) is 84.8 cm³/mol. The smallest absolute Gasteiger partial charge is 0.228 e. The Morgan fingerprint density at radius 2 is 2.15 bits per heavy atom. The van der Waals surface area contributed by atoms with Crippen LogP contribution in [0.1, 0.15) is 24.3 Å². The van der Waals surface area contributed by atoms with Crippen LogP contribution in [0.4, 0.5) is 5.13 Å². The lowest BCUT2D eigenvalue weighted by molar-refractivity contribution is -0.118. The van der Waals surface area contributed by atoms with E-state index in [9.17, 15) is 4.79 Å². The standard InChI is InChI=1S/C14H14Cl2N2OS/c1-8(2)13(19)18-14-17-7-10(20-14)6-9-4-3-5-11(15)12(9)16/h3-5,7-8H,6H2,1-2H3,(H,17,18,19). The molecule has 1 aromatic heterocycles. The summed E-state index contributed by atoms with van der Waals surface area (Å²) in [5, 5.41) is 4.50. The third-order valence-electron chi connectivity index (χ3n) is 2.70. The molecule has 6 heteroatoms. The van der Waals surface area contributed by atoms with Crippen LogP contribution in [0, 0.1) is 5.92 Å². The van der Waals surface area contributed by atoms with Crippen LogP contribution in [0.25, 0.3) is 0 Å². The van der Waals surface area contributed by atoms with Crippen LogP contribution in [0.2, 0.25) is 10.0 Å². The summed E-state index contributed by atoms with van der Waals surface area (Å²) in [6, 6.07) is 5.56. The van der Waals surface area contributed by atoms with Gasteiger partial charge >= 0.3 is 0 Å². The van der Waals surface area contributed by atoms with Crippen LogP contribution in [-0.2, 0) is 11.2 Å². The van der Waals surface area contributed by atoms with Crippen molar-refractivity contribution in [3.05, 3.63) is 44.9 Å². The second kappa shape index (κ2) is 6.57. The van der Waals surface area contributed by atoms with Crippen molar-refractivity contribution in [2.75, 3.05) is 5.32 Å². The maximum Gasteiger partial charge on any atom is 0.228 e. The van der Waals surface area contributed by atoms with Gasteiger partial charge in [0.25, 0.3) is 0 Å². The van der Waals surface area contributed by atoms with Crippen LogP contribution >= 0.6 is 34.5 Å². The molecule has 0 atom stereocenters. The molecule has 0 fully saturated rings. The fourth-order valence-corrected chi connectivity index (χ4v) is 2.79. The SMILES string of the molecule is CC(C)C(=O)Nc1ncc(Cc2cccc(Cl)c2Cl)s1. The minimum atomic E-state index is -0.0651. The summed E-state index contributed by atoms with van der Waals surface area (Å²) in [6.07, 6.45) is 2.40. The van der Waals surface area contributed by atoms with E-state index in [0.717, 1.165) is 10.4 Å². The van der Waals surface area contributed by atoms with Gasteiger partial charge in [-0.3, -0.25) is 4.79 Å². The molecule has 0 aliphatic rings. The van der Waals surface area contributed by atoms with Gasteiger partial charge < -0.3 is 5.32 Å². The second-order valence-electron chi connectivity index (χ2n) is 4.67. The van der Waals surface area contributed by atoms with Gasteiger partial charge in [-0.25, -0.2) is 4.98 Å². The summed E-state index contributed by atoms with van der Waals surface area (Å²) >= 11 is 13.6. The molecule has 2 aromatic rings. The minimum Gasteiger partial charge on any atom is -0.302 e. The van der Waals surface area contributed by atoms with Crippen molar-refractivity contribution in [2.24, 2.45) is 5.92 Å². The lowest BCUT2D eigenvalue weighted by Crippen LogP contribution is -2.17. The summed E-state index contributed by atoms with van der Waals surface area (Å²) in [6.45, 7) is 3.69. The van der Waals surface area contributed by atoms with Gasteiger partial charge in [0.05, 0.1) is 10.0 Å². The number of benzene rings is 1. The number of anilines is 1. The molecule has 20 heavy (non-hydrogen) atoms. The predicted octanol–water partition coefficient (Wildman–Crippen LogP) is 4.64. The number of carbonyl (C=O) groups excluding carboxylic acids is 1. The number of nitrogens with zero attached hydrogens (tertiary/aromatic N) is 1. The number of halogens is 2. The summed E-state index contributed by atoms with van der Waals surface area (Å²) in [5.74, 6) is -0.101. The Hall–Kier alpha value is -1.10. The van der Waals surface area contributed by atoms with E-state index >= 15 is 0 Å². The Bertz CT molecular complexity index is 625. The van der Waals surface area contributed by atoms with Gasteiger partial charge in [0.1, 0.15) is 0 Å². The number of nitrogens with one attached hydrogen (secondary N) is 1. The highest BCUT2D eigenvalue weighted by atomic mass is 35.5. The Kier molecular flexibility index (Phi) is 5.02.